The van der Waals surface area contributed by atoms with Crippen molar-refractivity contribution in [3.63, 3.8) is 0 Å². The van der Waals surface area contributed by atoms with Crippen LogP contribution in [0.2, 0.25) is 5.02 Å². The third kappa shape index (κ3) is 8.86. The van der Waals surface area contributed by atoms with E-state index in [1.54, 1.807) is 5.32 Å². The highest BCUT2D eigenvalue weighted by atomic mass is 35.5. The van der Waals surface area contributed by atoms with Crippen molar-refractivity contribution in [3.05, 3.63) is 64.7 Å². The Balaban J connectivity index is 1.99. The van der Waals surface area contributed by atoms with Gasteiger partial charge >= 0.3 is 12.1 Å². The van der Waals surface area contributed by atoms with Gasteiger partial charge in [-0.25, -0.2) is 0 Å². The van der Waals surface area contributed by atoms with Crippen molar-refractivity contribution in [2.75, 3.05) is 20.3 Å². The minimum atomic E-state index is -5.34. The lowest BCUT2D eigenvalue weighted by molar-refractivity contribution is -0.175. The first-order chi connectivity index (χ1) is 22.3. The second kappa shape index (κ2) is 15.7. The van der Waals surface area contributed by atoms with Gasteiger partial charge in [0.1, 0.15) is 17.8 Å². The molecule has 0 radical (unpaired) electrons. The van der Waals surface area contributed by atoms with Gasteiger partial charge in [-0.15, -0.1) is 0 Å². The molecule has 264 valence electrons. The lowest BCUT2D eigenvalue weighted by Gasteiger charge is -2.30. The molecule has 3 N–H and O–H groups in total. The van der Waals surface area contributed by atoms with E-state index in [-0.39, 0.29) is 10.6 Å². The standard InChI is InChI=1S/C30H33ClF5N3O8S/c1-15(2)23(25(41)30(34,35)36)38-26(42)22-11-17(24(48(45)46)16-7-9-20(47-3)10-8-16)13-39(22)27(43)21(14-40)37-28(44)29(32,33)18-5-4-6-19(31)12-18/h4-10,12,15,17,21-24,40H,11,13-14H2,1-3H3,(H,37,44)(H,38,42)(H,45,46)/p-1/t17-,21+,22+,23+,24?/m1/s1. The molecule has 6 atom stereocenters. The Labute approximate surface area is 279 Å². The normalized spacial score (nSPS) is 19.3. The number of ketones is 1. The molecule has 1 saturated heterocycles. The van der Waals surface area contributed by atoms with Gasteiger partial charge in [0.2, 0.25) is 11.8 Å². The summed E-state index contributed by atoms with van der Waals surface area (Å²) in [5.74, 6) is -13.0. The SMILES string of the molecule is COc1ccc(C([C@@H]2C[C@@H](C(=O)N[C@H](C(=O)C(F)(F)F)C(C)C)N(C(=O)[C@H](CO)NC(=O)C(F)(F)c3cccc(Cl)c3)C2)S(=O)[O-])cc1. The molecule has 48 heavy (non-hydrogen) atoms. The Hall–Kier alpha value is -3.67. The Morgan fingerprint density at radius 3 is 2.21 bits per heavy atom. The molecule has 1 heterocycles. The summed E-state index contributed by atoms with van der Waals surface area (Å²) in [4.78, 5) is 52.7. The van der Waals surface area contributed by atoms with E-state index in [0.717, 1.165) is 18.2 Å². The Morgan fingerprint density at radius 1 is 1.08 bits per heavy atom. The molecule has 3 amide bonds. The van der Waals surface area contributed by atoms with Crippen LogP contribution >= 0.6 is 11.6 Å². The van der Waals surface area contributed by atoms with E-state index in [0.29, 0.717) is 10.6 Å². The number of benzene rings is 2. The number of hydrogen-bond donors (Lipinski definition) is 3. The molecule has 2 aromatic rings. The van der Waals surface area contributed by atoms with Crippen LogP contribution in [0.1, 0.15) is 36.6 Å². The van der Waals surface area contributed by atoms with Gasteiger partial charge in [-0.1, -0.05) is 49.7 Å². The minimum Gasteiger partial charge on any atom is -0.772 e. The topological polar surface area (TPSA) is 165 Å². The van der Waals surface area contributed by atoms with E-state index < -0.39 is 107 Å². The summed E-state index contributed by atoms with van der Waals surface area (Å²) in [5, 5.41) is 12.2. The molecule has 1 aliphatic heterocycles. The van der Waals surface area contributed by atoms with Crippen molar-refractivity contribution in [2.24, 2.45) is 11.8 Å². The predicted molar refractivity (Wildman–Crippen MR) is 160 cm³/mol. The van der Waals surface area contributed by atoms with E-state index in [2.05, 4.69) is 0 Å². The van der Waals surface area contributed by atoms with E-state index in [1.165, 1.54) is 51.3 Å². The van der Waals surface area contributed by atoms with Gasteiger partial charge < -0.3 is 29.9 Å². The number of methoxy groups -OCH3 is 1. The number of halogens is 6. The van der Waals surface area contributed by atoms with Gasteiger partial charge in [0.25, 0.3) is 11.7 Å². The number of amides is 3. The smallest absolute Gasteiger partial charge is 0.452 e. The first-order valence-electron chi connectivity index (χ1n) is 14.3. The van der Waals surface area contributed by atoms with Crippen molar-refractivity contribution < 1.29 is 59.7 Å². The highest BCUT2D eigenvalue weighted by Gasteiger charge is 2.50. The van der Waals surface area contributed by atoms with Crippen LogP contribution in [-0.4, -0.2) is 86.8 Å². The third-order valence-corrected chi connectivity index (χ3v) is 9.09. The zero-order valence-electron chi connectivity index (χ0n) is 25.6. The first kappa shape index (κ1) is 38.8. The number of ether oxygens (including phenoxy) is 1. The van der Waals surface area contributed by atoms with Crippen molar-refractivity contribution in [1.29, 1.82) is 0 Å². The van der Waals surface area contributed by atoms with E-state index in [1.807, 2.05) is 5.32 Å². The largest absolute Gasteiger partial charge is 0.772 e. The molecule has 1 aliphatic rings. The van der Waals surface area contributed by atoms with Crippen LogP contribution in [-0.2, 0) is 36.2 Å². The van der Waals surface area contributed by atoms with Gasteiger partial charge in [0.05, 0.1) is 25.0 Å². The minimum absolute atomic E-state index is 0.127. The summed E-state index contributed by atoms with van der Waals surface area (Å²) in [5.41, 5.74) is -0.646. The van der Waals surface area contributed by atoms with Crippen LogP contribution in [0.15, 0.2) is 48.5 Å². The van der Waals surface area contributed by atoms with E-state index >= 15 is 8.78 Å². The van der Waals surface area contributed by atoms with Crippen LogP contribution in [0.5, 0.6) is 5.75 Å². The molecule has 2 aromatic carbocycles. The Kier molecular flexibility index (Phi) is 12.7. The Morgan fingerprint density at radius 2 is 1.71 bits per heavy atom. The quantitative estimate of drug-likeness (QED) is 0.210. The average molecular weight is 725 g/mol. The molecule has 0 aromatic heterocycles. The number of likely N-dealkylation sites (tertiary alicyclic amines) is 1. The van der Waals surface area contributed by atoms with Crippen LogP contribution in [0.4, 0.5) is 22.0 Å². The van der Waals surface area contributed by atoms with Crippen LogP contribution in [0.25, 0.3) is 0 Å². The molecular formula is C30H32ClF5N3O8S-. The van der Waals surface area contributed by atoms with Crippen LogP contribution in [0, 0.1) is 11.8 Å². The number of Topliss-reactive ketones (excluding diaryl/α,β-unsaturated/α-hetero) is 1. The molecule has 0 spiro atoms. The molecule has 18 heteroatoms. The highest BCUT2D eigenvalue weighted by Crippen LogP contribution is 2.38. The highest BCUT2D eigenvalue weighted by molar-refractivity contribution is 7.79. The summed E-state index contributed by atoms with van der Waals surface area (Å²) in [6.45, 7) is 0.625. The number of nitrogens with zero attached hydrogens (tertiary/aromatic N) is 1. The van der Waals surface area contributed by atoms with Crippen LogP contribution in [0.3, 0.4) is 0 Å². The van der Waals surface area contributed by atoms with E-state index in [4.69, 9.17) is 16.3 Å². The average Bonchev–Trinajstić information content (AvgIpc) is 3.46. The molecule has 0 bridgehead atoms. The fourth-order valence-electron chi connectivity index (χ4n) is 5.32. The number of aliphatic hydroxyl groups excluding tert-OH is 1. The second-order valence-electron chi connectivity index (χ2n) is 11.3. The van der Waals surface area contributed by atoms with Crippen molar-refractivity contribution in [2.45, 2.75) is 55.7 Å². The maximum absolute atomic E-state index is 15.0. The zero-order valence-corrected chi connectivity index (χ0v) is 27.2. The van der Waals surface area contributed by atoms with Gasteiger partial charge in [-0.05, 0) is 59.2 Å². The number of aliphatic hydroxyl groups is 1. The van der Waals surface area contributed by atoms with E-state index in [9.17, 15) is 46.2 Å². The predicted octanol–water partition coefficient (Wildman–Crippen LogP) is 3.03. The number of carbonyl (C=O) groups excluding carboxylic acids is 4. The van der Waals surface area contributed by atoms with Gasteiger partial charge in [-0.3, -0.25) is 23.4 Å². The molecule has 11 nitrogen and oxygen atoms in total. The van der Waals surface area contributed by atoms with Gasteiger partial charge in [0.15, 0.2) is 0 Å². The summed E-state index contributed by atoms with van der Waals surface area (Å²) in [6, 6.07) is 3.89. The van der Waals surface area contributed by atoms with Crippen LogP contribution < -0.4 is 15.4 Å². The maximum atomic E-state index is 15.0. The van der Waals surface area contributed by atoms with Crippen molar-refractivity contribution in [1.82, 2.24) is 15.5 Å². The molecule has 2 unspecified atom stereocenters. The third-order valence-electron chi connectivity index (χ3n) is 7.78. The molecule has 0 aliphatic carbocycles. The lowest BCUT2D eigenvalue weighted by atomic mass is 9.95. The summed E-state index contributed by atoms with van der Waals surface area (Å²) in [6.07, 6.45) is -5.81. The number of rotatable bonds is 13. The monoisotopic (exact) mass is 724 g/mol. The second-order valence-corrected chi connectivity index (χ2v) is 12.8. The number of carbonyl (C=O) groups is 4. The molecule has 1 fully saturated rings. The van der Waals surface area contributed by atoms with Gasteiger partial charge in [-0.2, -0.15) is 22.0 Å². The number of hydrogen-bond acceptors (Lipinski definition) is 8. The van der Waals surface area contributed by atoms with Crippen molar-refractivity contribution >= 4 is 46.2 Å². The number of alkyl halides is 5. The molecule has 3 rings (SSSR count). The Bertz CT molecular complexity index is 1530. The number of nitrogens with one attached hydrogen (secondary N) is 2. The fraction of sp³-hybridized carbons (Fsp3) is 0.467. The van der Waals surface area contributed by atoms with Crippen molar-refractivity contribution in [3.8, 4) is 5.75 Å². The summed E-state index contributed by atoms with van der Waals surface area (Å²) < 4.78 is 100. The summed E-state index contributed by atoms with van der Waals surface area (Å²) in [7, 11) is 1.37. The first-order valence-corrected chi connectivity index (χ1v) is 15.8. The fourth-order valence-corrected chi connectivity index (χ4v) is 6.41. The van der Waals surface area contributed by atoms with Gasteiger partial charge in [0, 0.05) is 17.1 Å². The lowest BCUT2D eigenvalue weighted by Crippen LogP contribution is -2.58. The molecule has 0 saturated carbocycles. The summed E-state index contributed by atoms with van der Waals surface area (Å²) >= 11 is 2.86. The maximum Gasteiger partial charge on any atom is 0.452 e. The molecular weight excluding hydrogens is 693 g/mol. The zero-order chi connectivity index (χ0) is 36.1.